The molecule has 2 atom stereocenters. The Balaban J connectivity index is 1.45. The highest BCUT2D eigenvalue weighted by Gasteiger charge is 2.43. The van der Waals surface area contributed by atoms with Crippen LogP contribution < -0.4 is 5.73 Å². The monoisotopic (exact) mass is 285 g/mol. The molecule has 4 heteroatoms. The van der Waals surface area contributed by atoms with Crippen molar-refractivity contribution in [3.05, 3.63) is 29.8 Å². The van der Waals surface area contributed by atoms with Gasteiger partial charge >= 0.3 is 0 Å². The molecule has 3 aliphatic rings. The Morgan fingerprint density at radius 2 is 1.67 bits per heavy atom. The Kier molecular flexibility index (Phi) is 3.14. The van der Waals surface area contributed by atoms with E-state index in [2.05, 4.69) is 9.80 Å². The third kappa shape index (κ3) is 2.53. The van der Waals surface area contributed by atoms with E-state index in [1.54, 1.807) is 0 Å². The minimum absolute atomic E-state index is 0.165. The van der Waals surface area contributed by atoms with Crippen molar-refractivity contribution in [2.24, 2.45) is 5.92 Å². The maximum absolute atomic E-state index is 12.6. The number of carbonyl (C=O) groups excluding carboxylic acids is 1. The van der Waals surface area contributed by atoms with E-state index in [-0.39, 0.29) is 5.91 Å². The fourth-order valence-corrected chi connectivity index (χ4v) is 3.86. The molecule has 1 amide bonds. The van der Waals surface area contributed by atoms with Gasteiger partial charge in [0.15, 0.2) is 0 Å². The van der Waals surface area contributed by atoms with E-state index in [4.69, 9.17) is 5.73 Å². The van der Waals surface area contributed by atoms with Gasteiger partial charge in [-0.2, -0.15) is 0 Å². The van der Waals surface area contributed by atoms with Crippen LogP contribution in [0.3, 0.4) is 0 Å². The molecule has 2 bridgehead atoms. The zero-order valence-corrected chi connectivity index (χ0v) is 12.4. The zero-order valence-electron chi connectivity index (χ0n) is 12.4. The summed E-state index contributed by atoms with van der Waals surface area (Å²) in [5, 5.41) is 0. The summed E-state index contributed by atoms with van der Waals surface area (Å²) in [6.45, 7) is 3.05. The number of benzene rings is 1. The van der Waals surface area contributed by atoms with E-state index >= 15 is 0 Å². The lowest BCUT2D eigenvalue weighted by atomic mass is 10.1. The lowest BCUT2D eigenvalue weighted by Crippen LogP contribution is -2.55. The molecule has 21 heavy (non-hydrogen) atoms. The number of carbonyl (C=O) groups is 1. The van der Waals surface area contributed by atoms with Crippen LogP contribution in [-0.2, 0) is 0 Å². The van der Waals surface area contributed by atoms with Gasteiger partial charge in [-0.1, -0.05) is 0 Å². The minimum Gasteiger partial charge on any atom is -0.399 e. The SMILES string of the molecule is Nc1ccc(C(=O)N2CC3CCC(C2)N3CC2CC2)cc1. The molecular weight excluding hydrogens is 262 g/mol. The second kappa shape index (κ2) is 5.02. The van der Waals surface area contributed by atoms with Gasteiger partial charge < -0.3 is 10.6 Å². The van der Waals surface area contributed by atoms with Crippen LogP contribution in [0.4, 0.5) is 5.69 Å². The van der Waals surface area contributed by atoms with Gasteiger partial charge in [0.25, 0.3) is 5.91 Å². The normalized spacial score (nSPS) is 28.9. The summed E-state index contributed by atoms with van der Waals surface area (Å²) >= 11 is 0. The summed E-state index contributed by atoms with van der Waals surface area (Å²) in [5.74, 6) is 1.10. The van der Waals surface area contributed by atoms with Gasteiger partial charge in [-0.15, -0.1) is 0 Å². The van der Waals surface area contributed by atoms with Crippen LogP contribution in [0.5, 0.6) is 0 Å². The molecule has 4 rings (SSSR count). The molecule has 112 valence electrons. The second-order valence-corrected chi connectivity index (χ2v) is 6.86. The predicted octanol–water partition coefficient (Wildman–Crippen LogP) is 1.97. The molecule has 0 radical (unpaired) electrons. The Bertz CT molecular complexity index is 523. The summed E-state index contributed by atoms with van der Waals surface area (Å²) in [4.78, 5) is 17.4. The first kappa shape index (κ1) is 13.1. The van der Waals surface area contributed by atoms with Gasteiger partial charge in [-0.05, 0) is 55.9 Å². The van der Waals surface area contributed by atoms with Gasteiger partial charge in [-0.3, -0.25) is 9.69 Å². The number of nitrogens with zero attached hydrogens (tertiary/aromatic N) is 2. The molecule has 1 aromatic rings. The number of nitrogens with two attached hydrogens (primary N) is 1. The van der Waals surface area contributed by atoms with Crippen molar-refractivity contribution in [2.45, 2.75) is 37.8 Å². The molecule has 2 N–H and O–H groups in total. The van der Waals surface area contributed by atoms with Crippen molar-refractivity contribution in [1.29, 1.82) is 0 Å². The summed E-state index contributed by atoms with van der Waals surface area (Å²) < 4.78 is 0. The Morgan fingerprint density at radius 3 is 2.24 bits per heavy atom. The number of rotatable bonds is 3. The number of amides is 1. The van der Waals surface area contributed by atoms with Crippen LogP contribution in [0.25, 0.3) is 0 Å². The molecule has 2 aliphatic heterocycles. The molecule has 2 unspecified atom stereocenters. The van der Waals surface area contributed by atoms with Crippen molar-refractivity contribution in [3.8, 4) is 0 Å². The molecule has 0 spiro atoms. The van der Waals surface area contributed by atoms with Gasteiger partial charge in [0.2, 0.25) is 0 Å². The van der Waals surface area contributed by atoms with E-state index < -0.39 is 0 Å². The number of nitrogen functional groups attached to an aromatic ring is 1. The molecule has 0 aromatic heterocycles. The Morgan fingerprint density at radius 1 is 1.05 bits per heavy atom. The van der Waals surface area contributed by atoms with Crippen molar-refractivity contribution in [1.82, 2.24) is 9.80 Å². The Hall–Kier alpha value is -1.55. The lowest BCUT2D eigenvalue weighted by molar-refractivity contribution is 0.0435. The number of fused-ring (bicyclic) bond motifs is 2. The fraction of sp³-hybridized carbons (Fsp3) is 0.588. The van der Waals surface area contributed by atoms with E-state index in [1.165, 1.54) is 32.2 Å². The molecule has 4 nitrogen and oxygen atoms in total. The average molecular weight is 285 g/mol. The maximum atomic E-state index is 12.6. The van der Waals surface area contributed by atoms with Crippen molar-refractivity contribution < 1.29 is 4.79 Å². The highest BCUT2D eigenvalue weighted by atomic mass is 16.2. The van der Waals surface area contributed by atoms with Crippen molar-refractivity contribution in [2.75, 3.05) is 25.4 Å². The quantitative estimate of drug-likeness (QED) is 0.864. The van der Waals surface area contributed by atoms with Crippen LogP contribution in [-0.4, -0.2) is 47.4 Å². The third-order valence-electron chi connectivity index (χ3n) is 5.24. The highest BCUT2D eigenvalue weighted by Crippen LogP contribution is 2.37. The molecule has 2 heterocycles. The van der Waals surface area contributed by atoms with Gasteiger partial charge in [0.1, 0.15) is 0 Å². The van der Waals surface area contributed by atoms with Crippen molar-refractivity contribution >= 4 is 11.6 Å². The Labute approximate surface area is 125 Å². The molecule has 2 saturated heterocycles. The topological polar surface area (TPSA) is 49.6 Å². The van der Waals surface area contributed by atoms with Gasteiger partial charge in [-0.25, -0.2) is 0 Å². The van der Waals surface area contributed by atoms with E-state index in [1.807, 2.05) is 24.3 Å². The summed E-state index contributed by atoms with van der Waals surface area (Å²) in [6, 6.07) is 8.48. The summed E-state index contributed by atoms with van der Waals surface area (Å²) in [6.07, 6.45) is 5.32. The van der Waals surface area contributed by atoms with Gasteiger partial charge in [0.05, 0.1) is 0 Å². The first-order valence-electron chi connectivity index (χ1n) is 8.11. The standard InChI is InChI=1S/C17H23N3O/c18-14-5-3-13(4-6-14)17(21)19-10-15-7-8-16(11-19)20(15)9-12-1-2-12/h3-6,12,15-16H,1-2,7-11,18H2. The largest absolute Gasteiger partial charge is 0.399 e. The van der Waals surface area contributed by atoms with Gasteiger partial charge in [0, 0.05) is 43.0 Å². The van der Waals surface area contributed by atoms with E-state index in [9.17, 15) is 4.79 Å². The number of hydrogen-bond donors (Lipinski definition) is 1. The summed E-state index contributed by atoms with van der Waals surface area (Å²) in [7, 11) is 0. The molecule has 1 aromatic carbocycles. The van der Waals surface area contributed by atoms with Crippen LogP contribution >= 0.6 is 0 Å². The number of hydrogen-bond acceptors (Lipinski definition) is 3. The smallest absolute Gasteiger partial charge is 0.253 e. The number of piperazine rings is 1. The fourth-order valence-electron chi connectivity index (χ4n) is 3.86. The van der Waals surface area contributed by atoms with Crippen molar-refractivity contribution in [3.63, 3.8) is 0 Å². The predicted molar refractivity (Wildman–Crippen MR) is 83.0 cm³/mol. The van der Waals surface area contributed by atoms with Crippen LogP contribution in [0, 0.1) is 5.92 Å². The maximum Gasteiger partial charge on any atom is 0.253 e. The molecule has 3 fully saturated rings. The van der Waals surface area contributed by atoms with E-state index in [0.29, 0.717) is 17.8 Å². The third-order valence-corrected chi connectivity index (χ3v) is 5.24. The zero-order chi connectivity index (χ0) is 14.4. The first-order chi connectivity index (χ1) is 10.2. The molecule has 1 aliphatic carbocycles. The minimum atomic E-state index is 0.165. The second-order valence-electron chi connectivity index (χ2n) is 6.86. The average Bonchev–Trinajstić information content (AvgIpc) is 3.26. The molecular formula is C17H23N3O. The number of likely N-dealkylation sites (tertiary alicyclic amines) is 1. The first-order valence-corrected chi connectivity index (χ1v) is 8.11. The highest BCUT2D eigenvalue weighted by molar-refractivity contribution is 5.94. The summed E-state index contributed by atoms with van der Waals surface area (Å²) in [5.41, 5.74) is 7.17. The molecule has 1 saturated carbocycles. The lowest BCUT2D eigenvalue weighted by Gasteiger charge is -2.41. The van der Waals surface area contributed by atoms with Crippen LogP contribution in [0.1, 0.15) is 36.0 Å². The van der Waals surface area contributed by atoms with Crippen LogP contribution in [0.15, 0.2) is 24.3 Å². The van der Waals surface area contributed by atoms with Crippen LogP contribution in [0.2, 0.25) is 0 Å². The number of anilines is 1. The van der Waals surface area contributed by atoms with E-state index in [0.717, 1.165) is 24.6 Å².